The van der Waals surface area contributed by atoms with Gasteiger partial charge in [-0.05, 0) is 6.07 Å². The van der Waals surface area contributed by atoms with E-state index in [2.05, 4.69) is 16.4 Å². The van der Waals surface area contributed by atoms with Crippen molar-refractivity contribution >= 4 is 22.3 Å². The molecule has 1 N–H and O–H groups in total. The molecule has 2 aromatic carbocycles. The molecule has 10 heteroatoms. The maximum atomic E-state index is 9.79. The van der Waals surface area contributed by atoms with Gasteiger partial charge in [0, 0.05) is 49.7 Å². The lowest BCUT2D eigenvalue weighted by atomic mass is 10.1. The molecule has 0 saturated heterocycles. The van der Waals surface area contributed by atoms with Gasteiger partial charge in [0.2, 0.25) is 5.75 Å². The Bertz CT molecular complexity index is 1170. The van der Waals surface area contributed by atoms with E-state index in [1.54, 1.807) is 52.7 Å². The smallest absolute Gasteiger partial charge is 0.203 e. The summed E-state index contributed by atoms with van der Waals surface area (Å²) in [6, 6.07) is 9.27. The normalized spacial score (nSPS) is 10.5. The third-order valence-corrected chi connectivity index (χ3v) is 5.08. The Morgan fingerprint density at radius 2 is 1.37 bits per heavy atom. The molecule has 0 bridgehead atoms. The molecule has 186 valence electrons. The highest BCUT2D eigenvalue weighted by atomic mass is 16.6. The molecule has 3 rings (SSSR count). The standard InChI is InChI=1S/C25H29N3O7/c1-29-6-8-34-20-12-18-19(13-21(20)35-9-7-30-2)27-15-16(14-26)24(18)28-17-10-22(31-3)25(33-5)23(11-17)32-4/h10-13,15H,6-9H2,1-5H3,(H,27,28). The molecule has 0 aliphatic heterocycles. The maximum absolute atomic E-state index is 9.79. The van der Waals surface area contributed by atoms with E-state index in [0.29, 0.717) is 83.0 Å². The quantitative estimate of drug-likeness (QED) is 0.359. The Morgan fingerprint density at radius 3 is 1.89 bits per heavy atom. The number of nitriles is 1. The summed E-state index contributed by atoms with van der Waals surface area (Å²) in [5, 5.41) is 13.8. The third-order valence-electron chi connectivity index (χ3n) is 5.08. The van der Waals surface area contributed by atoms with Crippen molar-refractivity contribution in [2.45, 2.75) is 0 Å². The second kappa shape index (κ2) is 12.5. The molecular formula is C25H29N3O7. The third kappa shape index (κ3) is 5.95. The molecule has 0 fully saturated rings. The fraction of sp³-hybridized carbons (Fsp3) is 0.360. The van der Waals surface area contributed by atoms with Crippen LogP contribution in [0, 0.1) is 11.3 Å². The van der Waals surface area contributed by atoms with Crippen molar-refractivity contribution in [1.82, 2.24) is 4.98 Å². The maximum Gasteiger partial charge on any atom is 0.203 e. The van der Waals surface area contributed by atoms with E-state index in [0.717, 1.165) is 0 Å². The van der Waals surface area contributed by atoms with Gasteiger partial charge < -0.3 is 38.5 Å². The molecule has 0 atom stereocenters. The molecular weight excluding hydrogens is 454 g/mol. The number of anilines is 2. The van der Waals surface area contributed by atoms with Gasteiger partial charge in [0.1, 0.15) is 19.3 Å². The summed E-state index contributed by atoms with van der Waals surface area (Å²) in [4.78, 5) is 4.45. The highest BCUT2D eigenvalue weighted by Crippen LogP contribution is 2.42. The summed E-state index contributed by atoms with van der Waals surface area (Å²) >= 11 is 0. The number of hydrogen-bond donors (Lipinski definition) is 1. The lowest BCUT2D eigenvalue weighted by Gasteiger charge is -2.18. The number of aromatic nitrogens is 1. The fourth-order valence-electron chi connectivity index (χ4n) is 3.41. The number of nitrogens with zero attached hydrogens (tertiary/aromatic N) is 2. The van der Waals surface area contributed by atoms with E-state index >= 15 is 0 Å². The Hall–Kier alpha value is -3.94. The zero-order valence-corrected chi connectivity index (χ0v) is 20.5. The zero-order chi connectivity index (χ0) is 25.2. The molecule has 0 amide bonds. The number of ether oxygens (including phenoxy) is 7. The first kappa shape index (κ1) is 25.7. The first-order valence-electron chi connectivity index (χ1n) is 10.8. The molecule has 0 spiro atoms. The van der Waals surface area contributed by atoms with Crippen molar-refractivity contribution in [1.29, 1.82) is 5.26 Å². The fourth-order valence-corrected chi connectivity index (χ4v) is 3.41. The minimum Gasteiger partial charge on any atom is -0.493 e. The lowest BCUT2D eigenvalue weighted by molar-refractivity contribution is 0.132. The summed E-state index contributed by atoms with van der Waals surface area (Å²) in [6.07, 6.45) is 1.51. The molecule has 1 heterocycles. The lowest BCUT2D eigenvalue weighted by Crippen LogP contribution is -2.09. The predicted octanol–water partition coefficient (Wildman–Crippen LogP) is 3.93. The average Bonchev–Trinajstić information content (AvgIpc) is 2.88. The Kier molecular flexibility index (Phi) is 9.17. The predicted molar refractivity (Wildman–Crippen MR) is 131 cm³/mol. The zero-order valence-electron chi connectivity index (χ0n) is 20.5. The van der Waals surface area contributed by atoms with Crippen molar-refractivity contribution in [3.63, 3.8) is 0 Å². The summed E-state index contributed by atoms with van der Waals surface area (Å²) < 4.78 is 38.3. The van der Waals surface area contributed by atoms with Crippen LogP contribution in [0.15, 0.2) is 30.5 Å². The molecule has 0 saturated carbocycles. The van der Waals surface area contributed by atoms with Gasteiger partial charge in [-0.1, -0.05) is 0 Å². The number of benzene rings is 2. The van der Waals surface area contributed by atoms with E-state index in [1.807, 2.05) is 0 Å². The van der Waals surface area contributed by atoms with Gasteiger partial charge in [-0.2, -0.15) is 5.26 Å². The summed E-state index contributed by atoms with van der Waals surface area (Å²) in [7, 11) is 7.82. The van der Waals surface area contributed by atoms with Crippen LogP contribution in [0.25, 0.3) is 10.9 Å². The van der Waals surface area contributed by atoms with E-state index in [-0.39, 0.29) is 0 Å². The van der Waals surface area contributed by atoms with Crippen molar-refractivity contribution < 1.29 is 33.2 Å². The Labute approximate surface area is 204 Å². The summed E-state index contributed by atoms with van der Waals surface area (Å²) in [5.74, 6) is 2.43. The molecule has 35 heavy (non-hydrogen) atoms. The number of pyridine rings is 1. The minimum absolute atomic E-state index is 0.323. The van der Waals surface area contributed by atoms with Crippen molar-refractivity contribution in [3.05, 3.63) is 36.0 Å². The van der Waals surface area contributed by atoms with E-state index in [4.69, 9.17) is 33.2 Å². The van der Waals surface area contributed by atoms with Gasteiger partial charge in [0.15, 0.2) is 23.0 Å². The van der Waals surface area contributed by atoms with Crippen LogP contribution in [-0.4, -0.2) is 67.0 Å². The van der Waals surface area contributed by atoms with E-state index in [9.17, 15) is 5.26 Å². The van der Waals surface area contributed by atoms with Crippen LogP contribution in [0.5, 0.6) is 28.7 Å². The van der Waals surface area contributed by atoms with Gasteiger partial charge in [0.25, 0.3) is 0 Å². The van der Waals surface area contributed by atoms with Crippen LogP contribution in [0.2, 0.25) is 0 Å². The number of fused-ring (bicyclic) bond motifs is 1. The Morgan fingerprint density at radius 1 is 0.771 bits per heavy atom. The van der Waals surface area contributed by atoms with Gasteiger partial charge in [0.05, 0.1) is 51.3 Å². The van der Waals surface area contributed by atoms with E-state index < -0.39 is 0 Å². The van der Waals surface area contributed by atoms with Gasteiger partial charge in [-0.25, -0.2) is 0 Å². The second-order valence-electron chi connectivity index (χ2n) is 7.20. The highest BCUT2D eigenvalue weighted by molar-refractivity contribution is 5.97. The summed E-state index contributed by atoms with van der Waals surface area (Å²) in [6.45, 7) is 1.49. The molecule has 10 nitrogen and oxygen atoms in total. The monoisotopic (exact) mass is 483 g/mol. The van der Waals surface area contributed by atoms with Gasteiger partial charge in [-0.3, -0.25) is 4.98 Å². The average molecular weight is 484 g/mol. The van der Waals surface area contributed by atoms with Crippen LogP contribution in [0.4, 0.5) is 11.4 Å². The van der Waals surface area contributed by atoms with Gasteiger partial charge >= 0.3 is 0 Å². The highest BCUT2D eigenvalue weighted by Gasteiger charge is 2.18. The molecule has 0 aliphatic carbocycles. The number of methoxy groups -OCH3 is 5. The molecule has 1 aromatic heterocycles. The van der Waals surface area contributed by atoms with Crippen molar-refractivity contribution in [2.75, 3.05) is 67.3 Å². The van der Waals surface area contributed by atoms with Crippen LogP contribution in [-0.2, 0) is 9.47 Å². The van der Waals surface area contributed by atoms with Crippen molar-refractivity contribution in [2.24, 2.45) is 0 Å². The van der Waals surface area contributed by atoms with Crippen LogP contribution >= 0.6 is 0 Å². The minimum atomic E-state index is 0.323. The molecule has 0 aliphatic rings. The SMILES string of the molecule is COCCOc1cc2ncc(C#N)c(Nc3cc(OC)c(OC)c(OC)c3)c2cc1OCCOC. The second-order valence-corrected chi connectivity index (χ2v) is 7.20. The first-order valence-corrected chi connectivity index (χ1v) is 10.8. The molecule has 0 unspecified atom stereocenters. The first-order chi connectivity index (χ1) is 17.1. The molecule has 0 radical (unpaired) electrons. The number of nitrogens with one attached hydrogen (secondary N) is 1. The van der Waals surface area contributed by atoms with E-state index in [1.165, 1.54) is 13.3 Å². The summed E-state index contributed by atoms with van der Waals surface area (Å²) in [5.41, 5.74) is 2.14. The van der Waals surface area contributed by atoms with Crippen LogP contribution < -0.4 is 29.0 Å². The van der Waals surface area contributed by atoms with Gasteiger partial charge in [-0.15, -0.1) is 0 Å². The number of rotatable bonds is 13. The Balaban J connectivity index is 2.12. The molecule has 3 aromatic rings. The van der Waals surface area contributed by atoms with Crippen LogP contribution in [0.3, 0.4) is 0 Å². The topological polar surface area (TPSA) is 113 Å². The van der Waals surface area contributed by atoms with Crippen molar-refractivity contribution in [3.8, 4) is 34.8 Å². The largest absolute Gasteiger partial charge is 0.493 e. The number of hydrogen-bond acceptors (Lipinski definition) is 10. The van der Waals surface area contributed by atoms with Crippen LogP contribution in [0.1, 0.15) is 5.56 Å².